The molecule has 0 spiro atoms. The fourth-order valence-electron chi connectivity index (χ4n) is 4.90. The molecule has 1 aliphatic rings. The zero-order valence-corrected chi connectivity index (χ0v) is 22.6. The van der Waals surface area contributed by atoms with Gasteiger partial charge in [-0.05, 0) is 23.6 Å². The monoisotopic (exact) mass is 551 g/mol. The van der Waals surface area contributed by atoms with E-state index >= 15 is 0 Å². The van der Waals surface area contributed by atoms with Crippen LogP contribution < -0.4 is 11.1 Å². The smallest absolute Gasteiger partial charge is 0.326 e. The molecule has 7 heteroatoms. The number of carbonyl (C=O) groups is 2. The largest absolute Gasteiger partial charge is 0.443 e. The third-order valence-corrected chi connectivity index (χ3v) is 7.39. The summed E-state index contributed by atoms with van der Waals surface area (Å²) in [5.41, 5.74) is 8.82. The number of ether oxygens (including phenoxy) is 1. The lowest BCUT2D eigenvalue weighted by atomic mass is 9.79. The first-order valence-corrected chi connectivity index (χ1v) is 13.6. The Labute approximate surface area is 238 Å². The van der Waals surface area contributed by atoms with E-state index in [1.807, 2.05) is 109 Å². The number of rotatable bonds is 10. The molecule has 3 unspecified atom stereocenters. The SMILES string of the molecule is NC(Cc1ccccc1)C(=O)NCC(=O)OC(c1ccccc1)(c1ccc(C2CC=N2)cc1)c1ccccc1Cl. The van der Waals surface area contributed by atoms with E-state index in [1.54, 1.807) is 6.07 Å². The Hall–Kier alpha value is -4.26. The number of aliphatic imine (C=N–C) groups is 1. The lowest BCUT2D eigenvalue weighted by molar-refractivity contribution is -0.153. The van der Waals surface area contributed by atoms with E-state index in [1.165, 1.54) is 0 Å². The molecule has 0 saturated carbocycles. The summed E-state index contributed by atoms with van der Waals surface area (Å²) in [5.74, 6) is -1.06. The summed E-state index contributed by atoms with van der Waals surface area (Å²) in [6.07, 6.45) is 3.15. The van der Waals surface area contributed by atoms with Gasteiger partial charge in [-0.3, -0.25) is 14.6 Å². The molecule has 4 aromatic rings. The number of hydrogen-bond donors (Lipinski definition) is 2. The highest BCUT2D eigenvalue weighted by molar-refractivity contribution is 6.31. The number of esters is 1. The molecule has 1 aliphatic heterocycles. The predicted octanol–water partition coefficient (Wildman–Crippen LogP) is 5.38. The summed E-state index contributed by atoms with van der Waals surface area (Å²) in [4.78, 5) is 30.6. The second-order valence-electron chi connectivity index (χ2n) is 9.72. The van der Waals surface area contributed by atoms with E-state index in [0.717, 1.165) is 28.7 Å². The Bertz CT molecular complexity index is 1490. The van der Waals surface area contributed by atoms with Crippen LogP contribution in [0.25, 0.3) is 0 Å². The molecular weight excluding hydrogens is 522 g/mol. The van der Waals surface area contributed by atoms with Crippen molar-refractivity contribution in [3.8, 4) is 0 Å². The topological polar surface area (TPSA) is 93.8 Å². The van der Waals surface area contributed by atoms with Crippen LogP contribution in [0, 0.1) is 0 Å². The van der Waals surface area contributed by atoms with Crippen molar-refractivity contribution in [1.29, 1.82) is 0 Å². The fourth-order valence-corrected chi connectivity index (χ4v) is 5.17. The Morgan fingerprint density at radius 2 is 1.50 bits per heavy atom. The van der Waals surface area contributed by atoms with Gasteiger partial charge in [-0.1, -0.05) is 115 Å². The van der Waals surface area contributed by atoms with Gasteiger partial charge in [0.05, 0.1) is 12.1 Å². The van der Waals surface area contributed by atoms with Crippen molar-refractivity contribution in [2.75, 3.05) is 6.54 Å². The minimum absolute atomic E-state index is 0.137. The van der Waals surface area contributed by atoms with Crippen molar-refractivity contribution in [3.63, 3.8) is 0 Å². The van der Waals surface area contributed by atoms with Gasteiger partial charge in [-0.15, -0.1) is 0 Å². The Kier molecular flexibility index (Phi) is 8.39. The number of nitrogens with two attached hydrogens (primary N) is 1. The number of benzene rings is 4. The van der Waals surface area contributed by atoms with E-state index in [9.17, 15) is 9.59 Å². The van der Waals surface area contributed by atoms with Crippen LogP contribution in [0.3, 0.4) is 0 Å². The molecule has 0 radical (unpaired) electrons. The quantitative estimate of drug-likeness (QED) is 0.204. The Balaban J connectivity index is 1.45. The van der Waals surface area contributed by atoms with E-state index < -0.39 is 23.5 Å². The molecule has 0 aromatic heterocycles. The minimum Gasteiger partial charge on any atom is -0.443 e. The molecule has 0 bridgehead atoms. The van der Waals surface area contributed by atoms with Crippen LogP contribution in [-0.2, 0) is 26.3 Å². The fraction of sp³-hybridized carbons (Fsp3) is 0.182. The van der Waals surface area contributed by atoms with Crippen LogP contribution in [0.5, 0.6) is 0 Å². The van der Waals surface area contributed by atoms with Crippen molar-refractivity contribution >= 4 is 29.7 Å². The van der Waals surface area contributed by atoms with Gasteiger partial charge in [0, 0.05) is 34.3 Å². The van der Waals surface area contributed by atoms with Gasteiger partial charge in [0.2, 0.25) is 5.91 Å². The molecule has 0 aliphatic carbocycles. The third kappa shape index (κ3) is 5.83. The van der Waals surface area contributed by atoms with Crippen molar-refractivity contribution < 1.29 is 14.3 Å². The normalized spacial score (nSPS) is 16.3. The van der Waals surface area contributed by atoms with E-state index in [2.05, 4.69) is 10.3 Å². The summed E-state index contributed by atoms with van der Waals surface area (Å²) in [7, 11) is 0. The summed E-state index contributed by atoms with van der Waals surface area (Å²) in [6, 6.07) is 33.5. The van der Waals surface area contributed by atoms with Crippen molar-refractivity contribution in [2.24, 2.45) is 10.7 Å². The molecule has 4 aromatic carbocycles. The van der Waals surface area contributed by atoms with Crippen molar-refractivity contribution in [1.82, 2.24) is 5.32 Å². The summed E-state index contributed by atoms with van der Waals surface area (Å²) in [6.45, 7) is -0.352. The van der Waals surface area contributed by atoms with Gasteiger partial charge >= 0.3 is 5.97 Å². The number of amides is 1. The van der Waals surface area contributed by atoms with Crippen LogP contribution in [0.1, 0.15) is 40.3 Å². The number of nitrogens with zero attached hydrogens (tertiary/aromatic N) is 1. The molecule has 1 heterocycles. The van der Waals surface area contributed by atoms with Gasteiger partial charge in [0.1, 0.15) is 6.54 Å². The number of hydrogen-bond acceptors (Lipinski definition) is 5. The van der Waals surface area contributed by atoms with Crippen LogP contribution >= 0.6 is 11.6 Å². The minimum atomic E-state index is -1.37. The van der Waals surface area contributed by atoms with Crippen LogP contribution in [0.15, 0.2) is 114 Å². The van der Waals surface area contributed by atoms with E-state index in [-0.39, 0.29) is 12.6 Å². The summed E-state index contributed by atoms with van der Waals surface area (Å²) in [5, 5.41) is 3.09. The van der Waals surface area contributed by atoms with E-state index in [0.29, 0.717) is 17.0 Å². The zero-order valence-electron chi connectivity index (χ0n) is 21.9. The zero-order chi connectivity index (χ0) is 28.0. The third-order valence-electron chi connectivity index (χ3n) is 7.06. The first-order chi connectivity index (χ1) is 19.5. The van der Waals surface area contributed by atoms with Crippen LogP contribution in [0.2, 0.25) is 5.02 Å². The molecule has 40 heavy (non-hydrogen) atoms. The van der Waals surface area contributed by atoms with Crippen LogP contribution in [-0.4, -0.2) is 30.7 Å². The van der Waals surface area contributed by atoms with Gasteiger partial charge in [0.15, 0.2) is 5.60 Å². The maximum Gasteiger partial charge on any atom is 0.326 e. The summed E-state index contributed by atoms with van der Waals surface area (Å²) >= 11 is 6.75. The molecule has 6 nitrogen and oxygen atoms in total. The van der Waals surface area contributed by atoms with Crippen LogP contribution in [0.4, 0.5) is 0 Å². The van der Waals surface area contributed by atoms with Gasteiger partial charge in [0.25, 0.3) is 0 Å². The Morgan fingerprint density at radius 1 is 0.900 bits per heavy atom. The first kappa shape index (κ1) is 27.3. The van der Waals surface area contributed by atoms with Gasteiger partial charge < -0.3 is 15.8 Å². The second kappa shape index (κ2) is 12.3. The summed E-state index contributed by atoms with van der Waals surface area (Å²) < 4.78 is 6.36. The maximum absolute atomic E-state index is 13.5. The lowest BCUT2D eigenvalue weighted by Crippen LogP contribution is -2.45. The average molecular weight is 552 g/mol. The molecule has 3 N–H and O–H groups in total. The predicted molar refractivity (Wildman–Crippen MR) is 157 cm³/mol. The maximum atomic E-state index is 13.5. The standard InChI is InChI=1S/C33H30ClN3O3/c34-28-14-8-7-13-27(28)33(25-11-5-2-6-12-25,26-17-15-24(16-18-26)30-19-20-36-30)40-31(38)22-37-32(39)29(35)21-23-9-3-1-4-10-23/h1-18,20,29-30H,19,21-22,35H2,(H,37,39). The van der Waals surface area contributed by atoms with Gasteiger partial charge in [-0.2, -0.15) is 0 Å². The number of halogens is 1. The molecule has 202 valence electrons. The van der Waals surface area contributed by atoms with E-state index in [4.69, 9.17) is 22.1 Å². The molecular formula is C33H30ClN3O3. The van der Waals surface area contributed by atoms with Gasteiger partial charge in [-0.25, -0.2) is 0 Å². The molecule has 0 fully saturated rings. The molecule has 1 amide bonds. The highest BCUT2D eigenvalue weighted by atomic mass is 35.5. The molecule has 0 saturated heterocycles. The first-order valence-electron chi connectivity index (χ1n) is 13.2. The lowest BCUT2D eigenvalue weighted by Gasteiger charge is -2.36. The van der Waals surface area contributed by atoms with Crippen molar-refractivity contribution in [3.05, 3.63) is 142 Å². The Morgan fingerprint density at radius 3 is 2.12 bits per heavy atom. The number of carbonyl (C=O) groups excluding carboxylic acids is 2. The highest BCUT2D eigenvalue weighted by Crippen LogP contribution is 2.44. The molecule has 3 atom stereocenters. The molecule has 5 rings (SSSR count). The number of nitrogens with one attached hydrogen (secondary N) is 1. The second-order valence-corrected chi connectivity index (χ2v) is 10.1. The van der Waals surface area contributed by atoms with Crippen molar-refractivity contribution in [2.45, 2.75) is 30.5 Å². The average Bonchev–Trinajstić information content (AvgIpc) is 2.95. The highest BCUT2D eigenvalue weighted by Gasteiger charge is 2.42.